The molecule has 1 heterocycles. The summed E-state index contributed by atoms with van der Waals surface area (Å²) in [5.41, 5.74) is -0.559. The molecule has 1 N–H and O–H groups in total. The number of nitrogens with one attached hydrogen (secondary N) is 1. The molecule has 1 atom stereocenters. The first-order valence-electron chi connectivity index (χ1n) is 6.09. The Bertz CT molecular complexity index is 542. The first-order valence-corrected chi connectivity index (χ1v) is 6.88. The highest BCUT2D eigenvalue weighted by molar-refractivity contribution is 9.10. The van der Waals surface area contributed by atoms with Crippen LogP contribution in [0.25, 0.3) is 0 Å². The van der Waals surface area contributed by atoms with Crippen molar-refractivity contribution in [1.82, 2.24) is 10.2 Å². The number of carbonyl (C=O) groups is 2. The van der Waals surface area contributed by atoms with Crippen LogP contribution in [0.2, 0.25) is 0 Å². The minimum absolute atomic E-state index is 0.168. The van der Waals surface area contributed by atoms with Crippen molar-refractivity contribution >= 4 is 27.7 Å². The Hall–Kier alpha value is -1.50. The van der Waals surface area contributed by atoms with Gasteiger partial charge >= 0.3 is 0 Å². The lowest BCUT2D eigenvalue weighted by atomic mass is 10.1. The van der Waals surface area contributed by atoms with E-state index in [1.165, 1.54) is 11.8 Å². The zero-order valence-corrected chi connectivity index (χ0v) is 12.3. The molecule has 20 heavy (non-hydrogen) atoms. The first-order chi connectivity index (χ1) is 9.38. The van der Waals surface area contributed by atoms with Crippen molar-refractivity contribution in [2.75, 3.05) is 13.1 Å². The predicted octanol–water partition coefficient (Wildman–Crippen LogP) is 2.08. The molecule has 1 aliphatic rings. The Kier molecular flexibility index (Phi) is 4.37. The lowest BCUT2D eigenvalue weighted by Crippen LogP contribution is -2.37. The van der Waals surface area contributed by atoms with Crippen LogP contribution in [0.1, 0.15) is 23.7 Å². The van der Waals surface area contributed by atoms with Crippen LogP contribution in [0.15, 0.2) is 16.6 Å². The molecule has 1 saturated heterocycles. The maximum absolute atomic E-state index is 13.7. The van der Waals surface area contributed by atoms with Gasteiger partial charge in [0.2, 0.25) is 5.91 Å². The van der Waals surface area contributed by atoms with E-state index in [4.69, 9.17) is 0 Å². The van der Waals surface area contributed by atoms with E-state index in [9.17, 15) is 18.4 Å². The van der Waals surface area contributed by atoms with Gasteiger partial charge < -0.3 is 10.2 Å². The van der Waals surface area contributed by atoms with Crippen LogP contribution in [0, 0.1) is 11.6 Å². The molecule has 4 nitrogen and oxygen atoms in total. The fourth-order valence-corrected chi connectivity index (χ4v) is 2.66. The van der Waals surface area contributed by atoms with Crippen molar-refractivity contribution in [1.29, 1.82) is 0 Å². The molecule has 0 bridgehead atoms. The van der Waals surface area contributed by atoms with Crippen LogP contribution in [-0.4, -0.2) is 35.8 Å². The Labute approximate surface area is 123 Å². The van der Waals surface area contributed by atoms with E-state index >= 15 is 0 Å². The molecule has 2 rings (SSSR count). The van der Waals surface area contributed by atoms with E-state index in [-0.39, 0.29) is 23.0 Å². The molecule has 0 spiro atoms. The van der Waals surface area contributed by atoms with Gasteiger partial charge in [-0.15, -0.1) is 0 Å². The van der Waals surface area contributed by atoms with E-state index in [0.717, 1.165) is 12.1 Å². The molecular weight excluding hydrogens is 334 g/mol. The zero-order valence-electron chi connectivity index (χ0n) is 10.8. The summed E-state index contributed by atoms with van der Waals surface area (Å²) in [5.74, 6) is -2.68. The van der Waals surface area contributed by atoms with Crippen LogP contribution in [0.3, 0.4) is 0 Å². The van der Waals surface area contributed by atoms with Crippen molar-refractivity contribution in [3.8, 4) is 0 Å². The molecule has 1 unspecified atom stereocenters. The van der Waals surface area contributed by atoms with Crippen LogP contribution in [0.5, 0.6) is 0 Å². The fraction of sp³-hybridized carbons (Fsp3) is 0.385. The number of rotatable bonds is 2. The molecule has 1 aromatic carbocycles. The van der Waals surface area contributed by atoms with Gasteiger partial charge in [-0.25, -0.2) is 8.78 Å². The summed E-state index contributed by atoms with van der Waals surface area (Å²) in [6.07, 6.45) is 0.574. The topological polar surface area (TPSA) is 49.4 Å². The van der Waals surface area contributed by atoms with Gasteiger partial charge in [-0.2, -0.15) is 0 Å². The summed E-state index contributed by atoms with van der Waals surface area (Å²) in [5, 5.41) is 2.69. The van der Waals surface area contributed by atoms with Crippen LogP contribution in [-0.2, 0) is 4.79 Å². The summed E-state index contributed by atoms with van der Waals surface area (Å²) in [6.45, 7) is 2.00. The second-order valence-electron chi connectivity index (χ2n) is 4.68. The number of carbonyl (C=O) groups excluding carboxylic acids is 2. The van der Waals surface area contributed by atoms with Gasteiger partial charge in [0.15, 0.2) is 0 Å². The number of likely N-dealkylation sites (tertiary alicyclic amines) is 1. The SMILES string of the molecule is CC(=O)NC1CCN(C(=O)c2c(F)cc(Br)cc2F)C1. The number of halogens is 3. The number of hydrogen-bond acceptors (Lipinski definition) is 2. The maximum atomic E-state index is 13.7. The Morgan fingerprint density at radius 3 is 2.50 bits per heavy atom. The van der Waals surface area contributed by atoms with Gasteiger partial charge in [0.25, 0.3) is 5.91 Å². The minimum Gasteiger partial charge on any atom is -0.352 e. The summed E-state index contributed by atoms with van der Waals surface area (Å²) in [7, 11) is 0. The summed E-state index contributed by atoms with van der Waals surface area (Å²) in [6, 6.07) is 1.94. The molecule has 0 saturated carbocycles. The van der Waals surface area contributed by atoms with E-state index in [2.05, 4.69) is 21.2 Å². The van der Waals surface area contributed by atoms with Crippen molar-refractivity contribution in [2.24, 2.45) is 0 Å². The van der Waals surface area contributed by atoms with Crippen LogP contribution >= 0.6 is 15.9 Å². The molecule has 7 heteroatoms. The summed E-state index contributed by atoms with van der Waals surface area (Å²) >= 11 is 2.96. The molecule has 1 fully saturated rings. The smallest absolute Gasteiger partial charge is 0.259 e. The molecule has 108 valence electrons. The minimum atomic E-state index is -0.898. The standard InChI is InChI=1S/C13H13BrF2N2O2/c1-7(19)17-9-2-3-18(6-9)13(20)12-10(15)4-8(14)5-11(12)16/h4-5,9H,2-3,6H2,1H3,(H,17,19). The second kappa shape index (κ2) is 5.87. The molecular formula is C13H13BrF2N2O2. The van der Waals surface area contributed by atoms with Crippen molar-refractivity contribution in [3.63, 3.8) is 0 Å². The zero-order chi connectivity index (χ0) is 14.9. The average Bonchev–Trinajstić information content (AvgIpc) is 2.74. The Balaban J connectivity index is 2.15. The highest BCUT2D eigenvalue weighted by Gasteiger charge is 2.30. The summed E-state index contributed by atoms with van der Waals surface area (Å²) < 4.78 is 27.7. The van der Waals surface area contributed by atoms with Gasteiger partial charge in [-0.1, -0.05) is 15.9 Å². The molecule has 1 aliphatic heterocycles. The molecule has 0 aromatic heterocycles. The number of amides is 2. The van der Waals surface area contributed by atoms with Crippen molar-refractivity contribution < 1.29 is 18.4 Å². The highest BCUT2D eigenvalue weighted by Crippen LogP contribution is 2.22. The lowest BCUT2D eigenvalue weighted by molar-refractivity contribution is -0.119. The van der Waals surface area contributed by atoms with Gasteiger partial charge in [-0.3, -0.25) is 9.59 Å². The second-order valence-corrected chi connectivity index (χ2v) is 5.60. The largest absolute Gasteiger partial charge is 0.352 e. The molecule has 1 aromatic rings. The van der Waals surface area contributed by atoms with Crippen LogP contribution < -0.4 is 5.32 Å². The molecule has 0 radical (unpaired) electrons. The first kappa shape index (κ1) is 14.9. The van der Waals surface area contributed by atoms with E-state index in [1.54, 1.807) is 0 Å². The normalized spacial score (nSPS) is 18.2. The monoisotopic (exact) mass is 346 g/mol. The molecule has 2 amide bonds. The Morgan fingerprint density at radius 1 is 1.35 bits per heavy atom. The van der Waals surface area contributed by atoms with Gasteiger partial charge in [0.05, 0.1) is 0 Å². The van der Waals surface area contributed by atoms with E-state index in [1.807, 2.05) is 0 Å². The Morgan fingerprint density at radius 2 is 1.95 bits per heavy atom. The third kappa shape index (κ3) is 3.15. The number of hydrogen-bond donors (Lipinski definition) is 1. The third-order valence-corrected chi connectivity index (χ3v) is 3.56. The lowest BCUT2D eigenvalue weighted by Gasteiger charge is -2.17. The van der Waals surface area contributed by atoms with Crippen LogP contribution in [0.4, 0.5) is 8.78 Å². The van der Waals surface area contributed by atoms with E-state index in [0.29, 0.717) is 13.0 Å². The predicted molar refractivity (Wildman–Crippen MR) is 72.2 cm³/mol. The van der Waals surface area contributed by atoms with Gasteiger partial charge in [0.1, 0.15) is 17.2 Å². The summed E-state index contributed by atoms with van der Waals surface area (Å²) in [4.78, 5) is 24.4. The highest BCUT2D eigenvalue weighted by atomic mass is 79.9. The maximum Gasteiger partial charge on any atom is 0.259 e. The van der Waals surface area contributed by atoms with Crippen molar-refractivity contribution in [3.05, 3.63) is 33.8 Å². The number of nitrogens with zero attached hydrogens (tertiary/aromatic N) is 1. The fourth-order valence-electron chi connectivity index (χ4n) is 2.25. The third-order valence-electron chi connectivity index (χ3n) is 3.10. The van der Waals surface area contributed by atoms with Crippen molar-refractivity contribution in [2.45, 2.75) is 19.4 Å². The van der Waals surface area contributed by atoms with E-state index < -0.39 is 23.1 Å². The average molecular weight is 347 g/mol. The quantitative estimate of drug-likeness (QED) is 0.891. The van der Waals surface area contributed by atoms with Gasteiger partial charge in [-0.05, 0) is 18.6 Å². The van der Waals surface area contributed by atoms with Gasteiger partial charge in [0, 0.05) is 30.5 Å². The molecule has 0 aliphatic carbocycles. The number of benzene rings is 1.